The van der Waals surface area contributed by atoms with E-state index in [0.29, 0.717) is 18.2 Å². The first-order valence-electron chi connectivity index (χ1n) is 6.33. The highest BCUT2D eigenvalue weighted by molar-refractivity contribution is 5.75. The Bertz CT molecular complexity index is 701. The quantitative estimate of drug-likeness (QED) is 0.614. The second-order valence-corrected chi connectivity index (χ2v) is 4.63. The van der Waals surface area contributed by atoms with Gasteiger partial charge in [0.15, 0.2) is 0 Å². The molecule has 0 aliphatic carbocycles. The lowest BCUT2D eigenvalue weighted by atomic mass is 9.97. The predicted molar refractivity (Wildman–Crippen MR) is 68.5 cm³/mol. The minimum Gasteiger partial charge on any atom is -0.434 e. The molecule has 0 atom stereocenters. The van der Waals surface area contributed by atoms with Crippen molar-refractivity contribution in [3.05, 3.63) is 53.6 Å². The van der Waals surface area contributed by atoms with Crippen molar-refractivity contribution in [2.45, 2.75) is 19.0 Å². The molecule has 0 heterocycles. The molecule has 0 spiro atoms. The highest BCUT2D eigenvalue weighted by Crippen LogP contribution is 2.43. The third-order valence-electron chi connectivity index (χ3n) is 3.05. The smallest absolute Gasteiger partial charge is 0.417 e. The van der Waals surface area contributed by atoms with Gasteiger partial charge in [0, 0.05) is 5.56 Å². The first-order chi connectivity index (χ1) is 11.0. The van der Waals surface area contributed by atoms with Gasteiger partial charge in [-0.05, 0) is 29.8 Å². The highest BCUT2D eigenvalue weighted by Gasteiger charge is 2.36. The maximum absolute atomic E-state index is 13.1. The topological polar surface area (TPSA) is 9.23 Å². The molecule has 0 aliphatic rings. The predicted octanol–water partition coefficient (Wildman–Crippen LogP) is 5.99. The second kappa shape index (κ2) is 6.29. The summed E-state index contributed by atoms with van der Waals surface area (Å²) in [6, 6.07) is 5.05. The number of hydrogen-bond donors (Lipinski definition) is 0. The first kappa shape index (κ1) is 18.0. The standard InChI is InChI=1S/C15H8F8O/c16-13(17)24-11-3-1-2-10(15(21,22)23)12(11)8-4-6-9(7-5-8)14(18,19)20/h1-7,13H. The Balaban J connectivity index is 2.62. The van der Waals surface area contributed by atoms with E-state index >= 15 is 0 Å². The molecule has 2 aromatic carbocycles. The molecule has 9 heteroatoms. The zero-order valence-corrected chi connectivity index (χ0v) is 11.6. The Kier molecular flexibility index (Phi) is 4.73. The van der Waals surface area contributed by atoms with Crippen molar-refractivity contribution in [3.63, 3.8) is 0 Å². The molecule has 0 unspecified atom stereocenters. The van der Waals surface area contributed by atoms with Gasteiger partial charge in [-0.1, -0.05) is 18.2 Å². The molecule has 0 saturated heterocycles. The molecule has 0 N–H and O–H groups in total. The SMILES string of the molecule is FC(F)Oc1cccc(C(F)(F)F)c1-c1ccc(C(F)(F)F)cc1. The van der Waals surface area contributed by atoms with Gasteiger partial charge in [-0.2, -0.15) is 35.1 Å². The summed E-state index contributed by atoms with van der Waals surface area (Å²) in [7, 11) is 0. The van der Waals surface area contributed by atoms with E-state index in [0.717, 1.165) is 24.3 Å². The largest absolute Gasteiger partial charge is 0.434 e. The molecule has 0 fully saturated rings. The molecule has 0 saturated carbocycles. The fourth-order valence-electron chi connectivity index (χ4n) is 2.09. The van der Waals surface area contributed by atoms with Gasteiger partial charge >= 0.3 is 19.0 Å². The van der Waals surface area contributed by atoms with Crippen LogP contribution in [0.4, 0.5) is 35.1 Å². The average molecular weight is 356 g/mol. The molecule has 2 aromatic rings. The lowest BCUT2D eigenvalue weighted by molar-refractivity contribution is -0.138. The van der Waals surface area contributed by atoms with Crippen LogP contribution in [0.3, 0.4) is 0 Å². The Hall–Kier alpha value is -2.32. The molecular weight excluding hydrogens is 348 g/mol. The maximum Gasteiger partial charge on any atom is 0.417 e. The van der Waals surface area contributed by atoms with E-state index in [4.69, 9.17) is 0 Å². The van der Waals surface area contributed by atoms with Crippen LogP contribution in [0, 0.1) is 0 Å². The van der Waals surface area contributed by atoms with E-state index in [1.165, 1.54) is 0 Å². The molecule has 0 radical (unpaired) electrons. The molecule has 0 bridgehead atoms. The summed E-state index contributed by atoms with van der Waals surface area (Å²) in [6.07, 6.45) is -9.58. The van der Waals surface area contributed by atoms with Crippen molar-refractivity contribution in [2.24, 2.45) is 0 Å². The number of hydrogen-bond acceptors (Lipinski definition) is 1. The Morgan fingerprint density at radius 1 is 0.750 bits per heavy atom. The van der Waals surface area contributed by atoms with Gasteiger partial charge in [-0.25, -0.2) is 0 Å². The normalized spacial score (nSPS) is 12.5. The molecule has 2 rings (SSSR count). The summed E-state index contributed by atoms with van der Waals surface area (Å²) in [5.41, 5.74) is -3.45. The van der Waals surface area contributed by atoms with Gasteiger partial charge in [-0.3, -0.25) is 0 Å². The number of alkyl halides is 8. The summed E-state index contributed by atoms with van der Waals surface area (Å²) < 4.78 is 106. The van der Waals surface area contributed by atoms with E-state index < -0.39 is 41.4 Å². The zero-order chi connectivity index (χ0) is 18.1. The number of rotatable bonds is 3. The molecular formula is C15H8F8O. The van der Waals surface area contributed by atoms with Gasteiger partial charge in [0.05, 0.1) is 11.1 Å². The average Bonchev–Trinajstić information content (AvgIpc) is 2.44. The van der Waals surface area contributed by atoms with Gasteiger partial charge in [0.1, 0.15) is 5.75 Å². The highest BCUT2D eigenvalue weighted by atomic mass is 19.4. The van der Waals surface area contributed by atoms with Crippen molar-refractivity contribution in [2.75, 3.05) is 0 Å². The van der Waals surface area contributed by atoms with Crippen LogP contribution < -0.4 is 4.74 Å². The summed E-state index contributed by atoms with van der Waals surface area (Å²) in [5, 5.41) is 0. The van der Waals surface area contributed by atoms with E-state index in [1.54, 1.807) is 0 Å². The lowest BCUT2D eigenvalue weighted by Gasteiger charge is -2.17. The van der Waals surface area contributed by atoms with Crippen molar-refractivity contribution >= 4 is 0 Å². The minimum absolute atomic E-state index is 0.327. The van der Waals surface area contributed by atoms with Gasteiger partial charge in [0.2, 0.25) is 0 Å². The fraction of sp³-hybridized carbons (Fsp3) is 0.200. The van der Waals surface area contributed by atoms with E-state index in [1.807, 2.05) is 0 Å². The van der Waals surface area contributed by atoms with Gasteiger partial charge in [-0.15, -0.1) is 0 Å². The summed E-state index contributed by atoms with van der Waals surface area (Å²) >= 11 is 0. The van der Waals surface area contributed by atoms with Crippen molar-refractivity contribution < 1.29 is 39.9 Å². The fourth-order valence-corrected chi connectivity index (χ4v) is 2.09. The zero-order valence-electron chi connectivity index (χ0n) is 11.6. The monoisotopic (exact) mass is 356 g/mol. The summed E-state index contributed by atoms with van der Waals surface area (Å²) in [5.74, 6) is -0.778. The summed E-state index contributed by atoms with van der Waals surface area (Å²) in [4.78, 5) is 0. The number of ether oxygens (including phenoxy) is 1. The molecule has 24 heavy (non-hydrogen) atoms. The van der Waals surface area contributed by atoms with Crippen LogP contribution in [0.1, 0.15) is 11.1 Å². The van der Waals surface area contributed by atoms with Crippen molar-refractivity contribution in [3.8, 4) is 16.9 Å². The second-order valence-electron chi connectivity index (χ2n) is 4.63. The Morgan fingerprint density at radius 3 is 1.79 bits per heavy atom. The number of benzene rings is 2. The first-order valence-corrected chi connectivity index (χ1v) is 6.33. The third kappa shape index (κ3) is 3.95. The Labute approximate surface area is 130 Å². The third-order valence-corrected chi connectivity index (χ3v) is 3.05. The van der Waals surface area contributed by atoms with E-state index in [2.05, 4.69) is 4.74 Å². The number of halogens is 8. The van der Waals surface area contributed by atoms with Crippen LogP contribution in [-0.4, -0.2) is 6.61 Å². The lowest BCUT2D eigenvalue weighted by Crippen LogP contribution is -2.11. The van der Waals surface area contributed by atoms with Crippen LogP contribution in [0.15, 0.2) is 42.5 Å². The van der Waals surface area contributed by atoms with Crippen LogP contribution in [0.2, 0.25) is 0 Å². The van der Waals surface area contributed by atoms with Crippen LogP contribution >= 0.6 is 0 Å². The minimum atomic E-state index is -4.90. The van der Waals surface area contributed by atoms with E-state index in [9.17, 15) is 35.1 Å². The van der Waals surface area contributed by atoms with E-state index in [-0.39, 0.29) is 5.56 Å². The van der Waals surface area contributed by atoms with Crippen LogP contribution in [0.25, 0.3) is 11.1 Å². The van der Waals surface area contributed by atoms with Crippen LogP contribution in [0.5, 0.6) is 5.75 Å². The van der Waals surface area contributed by atoms with Crippen molar-refractivity contribution in [1.29, 1.82) is 0 Å². The molecule has 0 aromatic heterocycles. The van der Waals surface area contributed by atoms with Crippen molar-refractivity contribution in [1.82, 2.24) is 0 Å². The maximum atomic E-state index is 13.1. The molecule has 0 amide bonds. The molecule has 1 nitrogen and oxygen atoms in total. The van der Waals surface area contributed by atoms with Gasteiger partial charge in [0.25, 0.3) is 0 Å². The summed E-state index contributed by atoms with van der Waals surface area (Å²) in [6.45, 7) is -3.39. The molecule has 130 valence electrons. The van der Waals surface area contributed by atoms with Gasteiger partial charge < -0.3 is 4.74 Å². The Morgan fingerprint density at radius 2 is 1.33 bits per heavy atom. The van der Waals surface area contributed by atoms with Crippen LogP contribution in [-0.2, 0) is 12.4 Å². The molecule has 0 aliphatic heterocycles.